The summed E-state index contributed by atoms with van der Waals surface area (Å²) in [5.74, 6) is 1.37. The Hall–Kier alpha value is -1.07. The first-order valence-electron chi connectivity index (χ1n) is 9.82. The second-order valence-electron chi connectivity index (χ2n) is 7.79. The van der Waals surface area contributed by atoms with Crippen LogP contribution < -0.4 is 10.6 Å². The average molecular weight is 428 g/mol. The molecular weight excluding hydrogens is 395 g/mol. The minimum atomic E-state index is -5.24. The predicted octanol–water partition coefficient (Wildman–Crippen LogP) is 1.59. The molecule has 2 fully saturated rings. The second-order valence-corrected chi connectivity index (χ2v) is 9.72. The molecule has 1 unspecified atom stereocenters. The summed E-state index contributed by atoms with van der Waals surface area (Å²) in [6.07, 6.45) is 3.01. The maximum Gasteiger partial charge on any atom is 0.511 e. The summed E-state index contributed by atoms with van der Waals surface area (Å²) in [4.78, 5) is 6.63. The Morgan fingerprint density at radius 3 is 2.21 bits per heavy atom. The van der Waals surface area contributed by atoms with E-state index in [1.165, 1.54) is 12.8 Å². The molecule has 2 heterocycles. The molecule has 2 rings (SSSR count). The Morgan fingerprint density at radius 1 is 1.14 bits per heavy atom. The second kappa shape index (κ2) is 9.62. The smallest absolute Gasteiger partial charge is 0.355 e. The summed E-state index contributed by atoms with van der Waals surface area (Å²) in [7, 11) is -3.60. The van der Waals surface area contributed by atoms with Gasteiger partial charge in [-0.1, -0.05) is 6.92 Å². The van der Waals surface area contributed by atoms with Gasteiger partial charge in [0.25, 0.3) is 0 Å². The number of nitrogens with zero attached hydrogens (tertiary/aromatic N) is 3. The van der Waals surface area contributed by atoms with Crippen molar-refractivity contribution in [1.82, 2.24) is 19.8 Å². The minimum Gasteiger partial charge on any atom is -0.355 e. The molecule has 0 aromatic heterocycles. The van der Waals surface area contributed by atoms with Gasteiger partial charge in [0.2, 0.25) is 0 Å². The normalized spacial score (nSPS) is 23.6. The number of halogens is 3. The highest BCUT2D eigenvalue weighted by molar-refractivity contribution is 7.90. The van der Waals surface area contributed by atoms with Crippen LogP contribution in [0.5, 0.6) is 0 Å². The third-order valence-electron chi connectivity index (χ3n) is 5.66. The molecule has 0 amide bonds. The van der Waals surface area contributed by atoms with Crippen molar-refractivity contribution in [1.29, 1.82) is 0 Å². The summed E-state index contributed by atoms with van der Waals surface area (Å²) in [6, 6.07) is 0.238. The fraction of sp³-hybridized carbons (Fsp3) is 0.941. The van der Waals surface area contributed by atoms with Gasteiger partial charge >= 0.3 is 15.5 Å². The number of rotatable bonds is 5. The van der Waals surface area contributed by atoms with Gasteiger partial charge < -0.3 is 10.6 Å². The van der Waals surface area contributed by atoms with E-state index in [0.29, 0.717) is 29.1 Å². The lowest BCUT2D eigenvalue weighted by atomic mass is 9.98. The Balaban J connectivity index is 1.77. The van der Waals surface area contributed by atoms with E-state index in [9.17, 15) is 21.6 Å². The van der Waals surface area contributed by atoms with Crippen LogP contribution >= 0.6 is 0 Å². The summed E-state index contributed by atoms with van der Waals surface area (Å²) in [5.41, 5.74) is -5.24. The Morgan fingerprint density at radius 2 is 1.71 bits per heavy atom. The van der Waals surface area contributed by atoms with Gasteiger partial charge in [-0.2, -0.15) is 17.5 Å². The van der Waals surface area contributed by atoms with Crippen molar-refractivity contribution in [3.8, 4) is 0 Å². The monoisotopic (exact) mass is 427 g/mol. The van der Waals surface area contributed by atoms with Crippen LogP contribution in [-0.4, -0.2) is 80.9 Å². The van der Waals surface area contributed by atoms with E-state index in [1.54, 1.807) is 7.05 Å². The summed E-state index contributed by atoms with van der Waals surface area (Å²) in [5, 5.41) is 6.48. The Kier molecular flexibility index (Phi) is 7.97. The number of nitrogens with one attached hydrogen (secondary N) is 2. The molecule has 2 saturated heterocycles. The van der Waals surface area contributed by atoms with Gasteiger partial charge in [0, 0.05) is 38.8 Å². The van der Waals surface area contributed by atoms with E-state index < -0.39 is 15.5 Å². The van der Waals surface area contributed by atoms with E-state index in [-0.39, 0.29) is 19.1 Å². The molecule has 0 spiro atoms. The van der Waals surface area contributed by atoms with Crippen LogP contribution in [0.3, 0.4) is 0 Å². The summed E-state index contributed by atoms with van der Waals surface area (Å²) < 4.78 is 61.4. The highest BCUT2D eigenvalue weighted by Crippen LogP contribution is 2.28. The standard InChI is InChI=1S/C17H32F3N5O2S/c1-13-4-8-24(9-5-13)14(2)12-22-16(21-3)23-15-6-10-25(11-7-15)28(26,27)17(18,19)20/h13-15H,4-12H2,1-3H3,(H2,21,22,23). The van der Waals surface area contributed by atoms with E-state index in [1.807, 2.05) is 0 Å². The van der Waals surface area contributed by atoms with Gasteiger partial charge in [0.1, 0.15) is 0 Å². The number of aliphatic imine (C=N–C) groups is 1. The minimum absolute atomic E-state index is 0.114. The number of hydrogen-bond donors (Lipinski definition) is 2. The van der Waals surface area contributed by atoms with Crippen LogP contribution in [0.25, 0.3) is 0 Å². The van der Waals surface area contributed by atoms with Crippen LogP contribution in [0.2, 0.25) is 0 Å². The Bertz CT molecular complexity index is 625. The van der Waals surface area contributed by atoms with Gasteiger partial charge in [-0.25, -0.2) is 8.42 Å². The first kappa shape index (κ1) is 23.2. The molecule has 1 atom stereocenters. The van der Waals surface area contributed by atoms with Crippen molar-refractivity contribution in [3.63, 3.8) is 0 Å². The quantitative estimate of drug-likeness (QED) is 0.515. The molecule has 0 aromatic carbocycles. The third-order valence-corrected chi connectivity index (χ3v) is 7.29. The van der Waals surface area contributed by atoms with E-state index in [0.717, 1.165) is 25.6 Å². The molecule has 164 valence electrons. The first-order chi connectivity index (χ1) is 13.0. The lowest BCUT2D eigenvalue weighted by Gasteiger charge is -2.36. The molecule has 2 aliphatic rings. The first-order valence-corrected chi connectivity index (χ1v) is 11.3. The van der Waals surface area contributed by atoms with Gasteiger partial charge in [-0.3, -0.25) is 9.89 Å². The largest absolute Gasteiger partial charge is 0.511 e. The number of piperidine rings is 2. The summed E-state index contributed by atoms with van der Waals surface area (Å²) >= 11 is 0. The van der Waals surface area contributed by atoms with Crippen molar-refractivity contribution in [2.45, 2.75) is 57.1 Å². The fourth-order valence-electron chi connectivity index (χ4n) is 3.62. The zero-order chi connectivity index (χ0) is 20.9. The molecule has 0 bridgehead atoms. The fourth-order valence-corrected chi connectivity index (χ4v) is 4.60. The van der Waals surface area contributed by atoms with E-state index in [2.05, 4.69) is 34.4 Å². The van der Waals surface area contributed by atoms with Gasteiger partial charge in [-0.05, 0) is 51.6 Å². The van der Waals surface area contributed by atoms with Gasteiger partial charge in [0.15, 0.2) is 5.96 Å². The number of likely N-dealkylation sites (tertiary alicyclic amines) is 1. The topological polar surface area (TPSA) is 77.0 Å². The molecule has 0 radical (unpaired) electrons. The maximum absolute atomic E-state index is 12.7. The third kappa shape index (κ3) is 5.96. The lowest BCUT2D eigenvalue weighted by Crippen LogP contribution is -2.53. The Labute approximate surface area is 165 Å². The molecule has 2 N–H and O–H groups in total. The molecule has 7 nitrogen and oxygen atoms in total. The van der Waals surface area contributed by atoms with Crippen molar-refractivity contribution < 1.29 is 21.6 Å². The number of sulfonamides is 1. The van der Waals surface area contributed by atoms with Crippen molar-refractivity contribution in [2.24, 2.45) is 10.9 Å². The lowest BCUT2D eigenvalue weighted by molar-refractivity contribution is -0.0494. The van der Waals surface area contributed by atoms with Crippen molar-refractivity contribution >= 4 is 16.0 Å². The molecule has 0 saturated carbocycles. The van der Waals surface area contributed by atoms with Gasteiger partial charge in [-0.15, -0.1) is 0 Å². The number of alkyl halides is 3. The molecule has 11 heteroatoms. The summed E-state index contributed by atoms with van der Waals surface area (Å²) in [6.45, 7) is 7.02. The van der Waals surface area contributed by atoms with Crippen LogP contribution in [0.4, 0.5) is 13.2 Å². The van der Waals surface area contributed by atoms with Crippen molar-refractivity contribution in [2.75, 3.05) is 39.8 Å². The highest BCUT2D eigenvalue weighted by Gasteiger charge is 2.50. The SMILES string of the molecule is CN=C(NCC(C)N1CCC(C)CC1)NC1CCN(S(=O)(=O)C(F)(F)F)CC1. The average Bonchev–Trinajstić information content (AvgIpc) is 2.65. The highest BCUT2D eigenvalue weighted by atomic mass is 32.2. The van der Waals surface area contributed by atoms with Crippen LogP contribution in [0, 0.1) is 5.92 Å². The zero-order valence-electron chi connectivity index (χ0n) is 16.8. The molecular formula is C17H32F3N5O2S. The molecule has 2 aliphatic heterocycles. The van der Waals surface area contributed by atoms with Crippen LogP contribution in [0.1, 0.15) is 39.5 Å². The van der Waals surface area contributed by atoms with Crippen molar-refractivity contribution in [3.05, 3.63) is 0 Å². The molecule has 0 aliphatic carbocycles. The molecule has 28 heavy (non-hydrogen) atoms. The van der Waals surface area contributed by atoms with Crippen LogP contribution in [-0.2, 0) is 10.0 Å². The van der Waals surface area contributed by atoms with Gasteiger partial charge in [0.05, 0.1) is 0 Å². The molecule has 0 aromatic rings. The number of hydrogen-bond acceptors (Lipinski definition) is 4. The maximum atomic E-state index is 12.7. The van der Waals surface area contributed by atoms with Crippen LogP contribution in [0.15, 0.2) is 4.99 Å². The number of guanidine groups is 1. The van der Waals surface area contributed by atoms with E-state index in [4.69, 9.17) is 0 Å². The predicted molar refractivity (Wildman–Crippen MR) is 104 cm³/mol. The van der Waals surface area contributed by atoms with E-state index >= 15 is 0 Å². The zero-order valence-corrected chi connectivity index (χ0v) is 17.6.